The smallest absolute Gasteiger partial charge is 0.0701 e. The van der Waals surface area contributed by atoms with Gasteiger partial charge in [0.1, 0.15) is 0 Å². The van der Waals surface area contributed by atoms with Crippen molar-refractivity contribution in [3.63, 3.8) is 0 Å². The summed E-state index contributed by atoms with van der Waals surface area (Å²) in [5, 5.41) is 3.39. The van der Waals surface area contributed by atoms with E-state index in [1.165, 1.54) is 19.3 Å². The zero-order valence-electron chi connectivity index (χ0n) is 13.6. The first-order valence-electron chi connectivity index (χ1n) is 8.45. The third-order valence-corrected chi connectivity index (χ3v) is 3.31. The second kappa shape index (κ2) is 14.7. The Hall–Kier alpha value is -0.200. The van der Waals surface area contributed by atoms with Crippen molar-refractivity contribution in [2.24, 2.45) is 5.92 Å². The summed E-state index contributed by atoms with van der Waals surface area (Å²) in [5.41, 5.74) is 0. The SMILES string of the molecule is CCCCOCCOCCOCCOCCNCC1CC1. The zero-order chi connectivity index (χ0) is 15.0. The van der Waals surface area contributed by atoms with E-state index in [4.69, 9.17) is 18.9 Å². The van der Waals surface area contributed by atoms with Crippen molar-refractivity contribution in [1.29, 1.82) is 0 Å². The van der Waals surface area contributed by atoms with Gasteiger partial charge in [-0.25, -0.2) is 0 Å². The van der Waals surface area contributed by atoms with Crippen LogP contribution < -0.4 is 5.32 Å². The van der Waals surface area contributed by atoms with Crippen LogP contribution in [-0.4, -0.2) is 65.9 Å². The van der Waals surface area contributed by atoms with Gasteiger partial charge in [-0.05, 0) is 31.7 Å². The standard InChI is InChI=1S/C16H33NO4/c1-2-3-7-18-9-11-20-13-14-21-12-10-19-8-6-17-15-16-4-5-16/h16-17H,2-15H2,1H3. The monoisotopic (exact) mass is 303 g/mol. The minimum atomic E-state index is 0.623. The molecular weight excluding hydrogens is 270 g/mol. The molecule has 0 amide bonds. The fraction of sp³-hybridized carbons (Fsp3) is 1.00. The molecule has 0 radical (unpaired) electrons. The van der Waals surface area contributed by atoms with E-state index >= 15 is 0 Å². The van der Waals surface area contributed by atoms with E-state index in [0.29, 0.717) is 39.6 Å². The molecule has 0 unspecified atom stereocenters. The van der Waals surface area contributed by atoms with Gasteiger partial charge in [0.2, 0.25) is 0 Å². The summed E-state index contributed by atoms with van der Waals surface area (Å²) in [7, 11) is 0. The fourth-order valence-electron chi connectivity index (χ4n) is 1.78. The van der Waals surface area contributed by atoms with E-state index in [1.807, 2.05) is 0 Å². The number of rotatable bonds is 17. The summed E-state index contributed by atoms with van der Waals surface area (Å²) in [6, 6.07) is 0. The Labute approximate surface area is 129 Å². The summed E-state index contributed by atoms with van der Waals surface area (Å²) in [6.07, 6.45) is 5.09. The molecule has 1 N–H and O–H groups in total. The second-order valence-electron chi connectivity index (χ2n) is 5.45. The molecule has 5 nitrogen and oxygen atoms in total. The minimum absolute atomic E-state index is 0.623. The average molecular weight is 303 g/mol. The maximum Gasteiger partial charge on any atom is 0.0701 e. The highest BCUT2D eigenvalue weighted by molar-refractivity contribution is 4.74. The molecule has 21 heavy (non-hydrogen) atoms. The second-order valence-corrected chi connectivity index (χ2v) is 5.45. The van der Waals surface area contributed by atoms with E-state index in [-0.39, 0.29) is 0 Å². The zero-order valence-corrected chi connectivity index (χ0v) is 13.6. The highest BCUT2D eigenvalue weighted by atomic mass is 16.6. The van der Waals surface area contributed by atoms with E-state index in [2.05, 4.69) is 12.2 Å². The molecule has 0 bridgehead atoms. The Morgan fingerprint density at radius 2 is 1.29 bits per heavy atom. The van der Waals surface area contributed by atoms with Gasteiger partial charge in [0, 0.05) is 13.2 Å². The van der Waals surface area contributed by atoms with Crippen molar-refractivity contribution >= 4 is 0 Å². The largest absolute Gasteiger partial charge is 0.379 e. The number of hydrogen-bond donors (Lipinski definition) is 1. The first kappa shape index (κ1) is 18.8. The number of nitrogens with one attached hydrogen (secondary N) is 1. The van der Waals surface area contributed by atoms with Crippen LogP contribution in [0.4, 0.5) is 0 Å². The lowest BCUT2D eigenvalue weighted by Gasteiger charge is -2.07. The lowest BCUT2D eigenvalue weighted by molar-refractivity contribution is -0.00169. The van der Waals surface area contributed by atoms with Crippen LogP contribution in [0.5, 0.6) is 0 Å². The maximum absolute atomic E-state index is 5.47. The fourth-order valence-corrected chi connectivity index (χ4v) is 1.78. The molecule has 1 saturated carbocycles. The van der Waals surface area contributed by atoms with Crippen molar-refractivity contribution in [3.8, 4) is 0 Å². The Morgan fingerprint density at radius 3 is 1.81 bits per heavy atom. The topological polar surface area (TPSA) is 49.0 Å². The highest BCUT2D eigenvalue weighted by Gasteiger charge is 2.19. The first-order valence-corrected chi connectivity index (χ1v) is 8.45. The Balaban J connectivity index is 1.59. The number of ether oxygens (including phenoxy) is 4. The van der Waals surface area contributed by atoms with Crippen molar-refractivity contribution in [2.45, 2.75) is 32.6 Å². The van der Waals surface area contributed by atoms with Gasteiger partial charge in [0.25, 0.3) is 0 Å². The van der Waals surface area contributed by atoms with Gasteiger partial charge in [0.05, 0.1) is 46.2 Å². The molecular formula is C16H33NO4. The van der Waals surface area contributed by atoms with Crippen LogP contribution in [0.1, 0.15) is 32.6 Å². The maximum atomic E-state index is 5.47. The van der Waals surface area contributed by atoms with Gasteiger partial charge in [-0.15, -0.1) is 0 Å². The average Bonchev–Trinajstić information content (AvgIpc) is 3.31. The molecule has 1 fully saturated rings. The van der Waals surface area contributed by atoms with Crippen molar-refractivity contribution in [3.05, 3.63) is 0 Å². The summed E-state index contributed by atoms with van der Waals surface area (Å²) >= 11 is 0. The van der Waals surface area contributed by atoms with Crippen LogP contribution in [-0.2, 0) is 18.9 Å². The van der Waals surface area contributed by atoms with E-state index in [0.717, 1.165) is 38.6 Å². The van der Waals surface area contributed by atoms with Crippen LogP contribution in [0.15, 0.2) is 0 Å². The molecule has 0 aromatic rings. The summed E-state index contributed by atoms with van der Waals surface area (Å²) in [4.78, 5) is 0. The third-order valence-electron chi connectivity index (χ3n) is 3.31. The molecule has 0 aliphatic heterocycles. The van der Waals surface area contributed by atoms with Crippen molar-refractivity contribution in [2.75, 3.05) is 65.9 Å². The first-order chi connectivity index (χ1) is 10.4. The third kappa shape index (κ3) is 14.5. The molecule has 0 aromatic heterocycles. The minimum Gasteiger partial charge on any atom is -0.379 e. The van der Waals surface area contributed by atoms with Gasteiger partial charge in [-0.3, -0.25) is 0 Å². The molecule has 1 rings (SSSR count). The molecule has 0 saturated heterocycles. The lowest BCUT2D eigenvalue weighted by atomic mass is 10.4. The van der Waals surface area contributed by atoms with Gasteiger partial charge >= 0.3 is 0 Å². The van der Waals surface area contributed by atoms with E-state index in [9.17, 15) is 0 Å². The number of hydrogen-bond acceptors (Lipinski definition) is 5. The molecule has 126 valence electrons. The van der Waals surface area contributed by atoms with Crippen LogP contribution >= 0.6 is 0 Å². The highest BCUT2D eigenvalue weighted by Crippen LogP contribution is 2.27. The van der Waals surface area contributed by atoms with Crippen LogP contribution in [0.2, 0.25) is 0 Å². The van der Waals surface area contributed by atoms with Gasteiger partial charge in [-0.1, -0.05) is 13.3 Å². The predicted molar refractivity (Wildman–Crippen MR) is 83.8 cm³/mol. The molecule has 5 heteroatoms. The predicted octanol–water partition coefficient (Wildman–Crippen LogP) is 1.85. The lowest BCUT2D eigenvalue weighted by Crippen LogP contribution is -2.22. The normalized spacial score (nSPS) is 14.7. The van der Waals surface area contributed by atoms with Gasteiger partial charge < -0.3 is 24.3 Å². The van der Waals surface area contributed by atoms with Crippen molar-refractivity contribution in [1.82, 2.24) is 5.32 Å². The van der Waals surface area contributed by atoms with E-state index in [1.54, 1.807) is 0 Å². The summed E-state index contributed by atoms with van der Waals surface area (Å²) < 4.78 is 21.7. The Bertz CT molecular complexity index is 212. The quantitative estimate of drug-likeness (QED) is 0.416. The van der Waals surface area contributed by atoms with Crippen LogP contribution in [0.3, 0.4) is 0 Å². The molecule has 0 aromatic carbocycles. The summed E-state index contributed by atoms with van der Waals surface area (Å²) in [5.74, 6) is 0.936. The van der Waals surface area contributed by atoms with Crippen molar-refractivity contribution < 1.29 is 18.9 Å². The Kier molecular flexibility index (Phi) is 13.2. The molecule has 1 aliphatic rings. The van der Waals surface area contributed by atoms with Gasteiger partial charge in [-0.2, -0.15) is 0 Å². The molecule has 1 aliphatic carbocycles. The molecule has 0 atom stereocenters. The molecule has 0 heterocycles. The van der Waals surface area contributed by atoms with Crippen LogP contribution in [0.25, 0.3) is 0 Å². The van der Waals surface area contributed by atoms with E-state index < -0.39 is 0 Å². The number of unbranched alkanes of at least 4 members (excludes halogenated alkanes) is 1. The molecule has 0 spiro atoms. The summed E-state index contributed by atoms with van der Waals surface area (Å²) in [6.45, 7) is 9.73. The van der Waals surface area contributed by atoms with Crippen LogP contribution in [0, 0.1) is 5.92 Å². The Morgan fingerprint density at radius 1 is 0.762 bits per heavy atom. The van der Waals surface area contributed by atoms with Gasteiger partial charge in [0.15, 0.2) is 0 Å².